The quantitative estimate of drug-likeness (QED) is 0.405. The van der Waals surface area contributed by atoms with Crippen LogP contribution >= 0.6 is 0 Å². The topological polar surface area (TPSA) is 17.1 Å². The Kier molecular flexibility index (Phi) is 5.82. The highest BCUT2D eigenvalue weighted by Gasteiger charge is 2.39. The minimum absolute atomic E-state index is 0.374. The van der Waals surface area contributed by atoms with Crippen LogP contribution in [0.5, 0.6) is 0 Å². The number of carbonyl (C=O) groups is 1. The van der Waals surface area contributed by atoms with Gasteiger partial charge in [0, 0.05) is 5.56 Å². The van der Waals surface area contributed by atoms with Gasteiger partial charge in [0.15, 0.2) is 5.78 Å². The van der Waals surface area contributed by atoms with Crippen molar-refractivity contribution in [1.29, 1.82) is 0 Å². The molecule has 0 aliphatic rings. The molecule has 1 unspecified atom stereocenters. The number of alkyl halides is 9. The highest BCUT2D eigenvalue weighted by Crippen LogP contribution is 2.37. The second-order valence-corrected chi connectivity index (χ2v) is 5.94. The third kappa shape index (κ3) is 5.49. The third-order valence-electron chi connectivity index (χ3n) is 3.84. The lowest BCUT2D eigenvalue weighted by atomic mass is 9.86. The number of hydrogen-bond acceptors (Lipinski definition) is 1. The van der Waals surface area contributed by atoms with E-state index >= 15 is 0 Å². The van der Waals surface area contributed by atoms with Crippen LogP contribution in [0.25, 0.3) is 0 Å². The Labute approximate surface area is 152 Å². The molecular formula is C18H11F9O. The molecular weight excluding hydrogens is 403 g/mol. The predicted molar refractivity (Wildman–Crippen MR) is 80.6 cm³/mol. The molecule has 0 spiro atoms. The first-order chi connectivity index (χ1) is 12.7. The zero-order valence-corrected chi connectivity index (χ0v) is 13.7. The first kappa shape index (κ1) is 21.8. The Balaban J connectivity index is 2.52. The molecule has 0 saturated carbocycles. The van der Waals surface area contributed by atoms with Crippen molar-refractivity contribution in [3.63, 3.8) is 0 Å². The molecule has 2 rings (SSSR count). The molecule has 0 aliphatic carbocycles. The van der Waals surface area contributed by atoms with Crippen LogP contribution in [0.3, 0.4) is 0 Å². The molecule has 10 heteroatoms. The fourth-order valence-corrected chi connectivity index (χ4v) is 2.58. The number of halogens is 9. The standard InChI is InChI=1S/C18H11F9O/c19-16(20,21)9-14(10-3-1-5-12(7-10)17(22,23)24)15(28)11-4-2-6-13(8-11)18(25,26)27/h1-8,14H,9H2. The van der Waals surface area contributed by atoms with E-state index in [1.54, 1.807) is 0 Å². The van der Waals surface area contributed by atoms with Crippen LogP contribution in [-0.2, 0) is 12.4 Å². The van der Waals surface area contributed by atoms with Gasteiger partial charge in [0.1, 0.15) is 0 Å². The summed E-state index contributed by atoms with van der Waals surface area (Å²) < 4.78 is 116. The molecule has 152 valence electrons. The lowest BCUT2D eigenvalue weighted by Crippen LogP contribution is -2.22. The first-order valence-corrected chi connectivity index (χ1v) is 7.64. The number of ketones is 1. The summed E-state index contributed by atoms with van der Waals surface area (Å²) in [5.41, 5.74) is -3.79. The highest BCUT2D eigenvalue weighted by molar-refractivity contribution is 6.01. The maximum absolute atomic E-state index is 12.9. The Morgan fingerprint density at radius 3 is 1.75 bits per heavy atom. The van der Waals surface area contributed by atoms with Gasteiger partial charge >= 0.3 is 18.5 Å². The van der Waals surface area contributed by atoms with Crippen LogP contribution in [0, 0.1) is 0 Å². The molecule has 0 radical (unpaired) electrons. The van der Waals surface area contributed by atoms with E-state index in [4.69, 9.17) is 0 Å². The van der Waals surface area contributed by atoms with Gasteiger partial charge in [-0.2, -0.15) is 39.5 Å². The van der Waals surface area contributed by atoms with Gasteiger partial charge in [0.05, 0.1) is 23.5 Å². The summed E-state index contributed by atoms with van der Waals surface area (Å²) in [4.78, 5) is 12.5. The van der Waals surface area contributed by atoms with Gasteiger partial charge in [-0.1, -0.05) is 30.3 Å². The number of rotatable bonds is 4. The van der Waals surface area contributed by atoms with Crippen molar-refractivity contribution < 1.29 is 44.3 Å². The van der Waals surface area contributed by atoms with Crippen molar-refractivity contribution in [2.45, 2.75) is 30.9 Å². The average molecular weight is 414 g/mol. The molecule has 0 amide bonds. The van der Waals surface area contributed by atoms with Gasteiger partial charge in [0.2, 0.25) is 0 Å². The van der Waals surface area contributed by atoms with Crippen LogP contribution in [0.1, 0.15) is 39.4 Å². The fourth-order valence-electron chi connectivity index (χ4n) is 2.58. The smallest absolute Gasteiger partial charge is 0.293 e. The zero-order chi connectivity index (χ0) is 21.3. The molecule has 0 fully saturated rings. The largest absolute Gasteiger partial charge is 0.416 e. The van der Waals surface area contributed by atoms with E-state index in [0.717, 1.165) is 24.3 Å². The summed E-state index contributed by atoms with van der Waals surface area (Å²) in [5.74, 6) is -3.48. The van der Waals surface area contributed by atoms with E-state index in [9.17, 15) is 44.3 Å². The molecule has 2 aromatic rings. The Bertz CT molecular complexity index is 847. The fraction of sp³-hybridized carbons (Fsp3) is 0.278. The Hall–Kier alpha value is -2.52. The Morgan fingerprint density at radius 2 is 1.25 bits per heavy atom. The van der Waals surface area contributed by atoms with Gasteiger partial charge in [-0.05, 0) is 23.8 Å². The first-order valence-electron chi connectivity index (χ1n) is 7.64. The number of Topliss-reactive ketones (excluding diaryl/α,β-unsaturated/α-hetero) is 1. The van der Waals surface area contributed by atoms with Crippen LogP contribution in [0.2, 0.25) is 0 Å². The minimum atomic E-state index is -4.93. The molecule has 0 aromatic heterocycles. The van der Waals surface area contributed by atoms with Gasteiger partial charge in [-0.15, -0.1) is 0 Å². The number of carbonyl (C=O) groups excluding carboxylic acids is 1. The molecule has 0 bridgehead atoms. The van der Waals surface area contributed by atoms with Gasteiger partial charge in [-0.3, -0.25) is 4.79 Å². The summed E-state index contributed by atoms with van der Waals surface area (Å²) in [7, 11) is 0. The molecule has 1 atom stereocenters. The van der Waals surface area contributed by atoms with Crippen molar-refractivity contribution in [1.82, 2.24) is 0 Å². The summed E-state index contributed by atoms with van der Waals surface area (Å²) in [6, 6.07) is 5.46. The summed E-state index contributed by atoms with van der Waals surface area (Å²) >= 11 is 0. The predicted octanol–water partition coefficient (Wildman–Crippen LogP) is 6.64. The van der Waals surface area contributed by atoms with E-state index in [1.807, 2.05) is 0 Å². The SMILES string of the molecule is O=C(c1cccc(C(F)(F)F)c1)C(CC(F)(F)F)c1cccc(C(F)(F)F)c1. The minimum Gasteiger partial charge on any atom is -0.293 e. The van der Waals surface area contributed by atoms with Crippen molar-refractivity contribution in [2.75, 3.05) is 0 Å². The Morgan fingerprint density at radius 1 is 0.750 bits per heavy atom. The summed E-state index contributed by atoms with van der Waals surface area (Å²) in [6.07, 6.45) is -16.5. The molecule has 1 nitrogen and oxygen atoms in total. The molecule has 0 aliphatic heterocycles. The van der Waals surface area contributed by atoms with Crippen molar-refractivity contribution >= 4 is 5.78 Å². The normalized spacial score (nSPS) is 14.0. The van der Waals surface area contributed by atoms with Gasteiger partial charge in [0.25, 0.3) is 0 Å². The molecule has 0 saturated heterocycles. The molecule has 0 heterocycles. The van der Waals surface area contributed by atoms with Gasteiger partial charge < -0.3 is 0 Å². The highest BCUT2D eigenvalue weighted by atomic mass is 19.4. The van der Waals surface area contributed by atoms with Crippen molar-refractivity contribution in [3.8, 4) is 0 Å². The number of benzene rings is 2. The molecule has 28 heavy (non-hydrogen) atoms. The lowest BCUT2D eigenvalue weighted by Gasteiger charge is -2.20. The maximum Gasteiger partial charge on any atom is 0.416 e. The third-order valence-corrected chi connectivity index (χ3v) is 3.84. The zero-order valence-electron chi connectivity index (χ0n) is 13.7. The molecule has 2 aromatic carbocycles. The summed E-state index contributed by atoms with van der Waals surface area (Å²) in [5, 5.41) is 0. The molecule has 0 N–H and O–H groups in total. The van der Waals surface area contributed by atoms with Crippen LogP contribution < -0.4 is 0 Å². The van der Waals surface area contributed by atoms with Crippen LogP contribution in [0.15, 0.2) is 48.5 Å². The van der Waals surface area contributed by atoms with Crippen molar-refractivity contribution in [2.24, 2.45) is 0 Å². The lowest BCUT2D eigenvalue weighted by molar-refractivity contribution is -0.139. The van der Waals surface area contributed by atoms with Crippen LogP contribution in [-0.4, -0.2) is 12.0 Å². The second-order valence-electron chi connectivity index (χ2n) is 5.94. The van der Waals surface area contributed by atoms with Gasteiger partial charge in [-0.25, -0.2) is 0 Å². The monoisotopic (exact) mass is 414 g/mol. The van der Waals surface area contributed by atoms with Crippen LogP contribution in [0.4, 0.5) is 39.5 Å². The second kappa shape index (κ2) is 7.48. The van der Waals surface area contributed by atoms with E-state index in [1.165, 1.54) is 0 Å². The van der Waals surface area contributed by atoms with Crippen molar-refractivity contribution in [3.05, 3.63) is 70.8 Å². The maximum atomic E-state index is 12.9. The average Bonchev–Trinajstić information content (AvgIpc) is 2.57. The van der Waals surface area contributed by atoms with E-state index in [-0.39, 0.29) is 0 Å². The number of hydrogen-bond donors (Lipinski definition) is 0. The summed E-state index contributed by atoms with van der Waals surface area (Å²) in [6.45, 7) is 0. The van der Waals surface area contributed by atoms with E-state index in [2.05, 4.69) is 0 Å². The van der Waals surface area contributed by atoms with E-state index < -0.39 is 58.9 Å². The van der Waals surface area contributed by atoms with E-state index in [0.29, 0.717) is 24.3 Å².